The Bertz CT molecular complexity index is 223. The zero-order chi connectivity index (χ0) is 8.97. The zero-order valence-corrected chi connectivity index (χ0v) is 7.93. The van der Waals surface area contributed by atoms with Crippen molar-refractivity contribution < 1.29 is 0 Å². The number of hydrogen-bond donors (Lipinski definition) is 1. The average Bonchev–Trinajstić information content (AvgIpc) is 2.04. The summed E-state index contributed by atoms with van der Waals surface area (Å²) in [6, 6.07) is 0. The molecule has 0 aromatic carbocycles. The predicted molar refractivity (Wildman–Crippen MR) is 53.6 cm³/mol. The SMILES string of the molecule is CC1=C(/C=C\C=N)C(C)CCC1. The third-order valence-electron chi connectivity index (χ3n) is 2.58. The Kier molecular flexibility index (Phi) is 3.27. The molecule has 0 saturated carbocycles. The van der Waals surface area contributed by atoms with Crippen molar-refractivity contribution in [3.63, 3.8) is 0 Å². The molecule has 1 aliphatic carbocycles. The summed E-state index contributed by atoms with van der Waals surface area (Å²) in [6.45, 7) is 4.48. The van der Waals surface area contributed by atoms with Crippen molar-refractivity contribution in [2.24, 2.45) is 5.92 Å². The van der Waals surface area contributed by atoms with E-state index in [4.69, 9.17) is 5.41 Å². The number of nitrogens with one attached hydrogen (secondary N) is 1. The van der Waals surface area contributed by atoms with Crippen molar-refractivity contribution >= 4 is 6.21 Å². The number of allylic oxidation sites excluding steroid dienone is 4. The van der Waals surface area contributed by atoms with Crippen LogP contribution >= 0.6 is 0 Å². The first-order valence-corrected chi connectivity index (χ1v) is 4.62. The Morgan fingerprint density at radius 2 is 2.25 bits per heavy atom. The minimum atomic E-state index is 0.690. The Balaban J connectivity index is 2.80. The van der Waals surface area contributed by atoms with Gasteiger partial charge >= 0.3 is 0 Å². The van der Waals surface area contributed by atoms with Crippen LogP contribution in [0.15, 0.2) is 23.3 Å². The van der Waals surface area contributed by atoms with E-state index in [0.29, 0.717) is 5.92 Å². The van der Waals surface area contributed by atoms with Crippen molar-refractivity contribution in [3.8, 4) is 0 Å². The molecule has 0 saturated heterocycles. The molecule has 1 unspecified atom stereocenters. The predicted octanol–water partition coefficient (Wildman–Crippen LogP) is 3.33. The lowest BCUT2D eigenvalue weighted by Crippen LogP contribution is -2.06. The average molecular weight is 163 g/mol. The largest absolute Gasteiger partial charge is 0.309 e. The van der Waals surface area contributed by atoms with Gasteiger partial charge in [-0.1, -0.05) is 18.6 Å². The normalized spacial score (nSPS) is 25.0. The standard InChI is InChI=1S/C11H17N/c1-9-5-3-6-10(2)11(9)7-4-8-12/h4,7-9,12H,3,5-6H2,1-2H3/b7-4-,12-8?. The smallest absolute Gasteiger partial charge is 0.0177 e. The molecule has 66 valence electrons. The van der Waals surface area contributed by atoms with Gasteiger partial charge in [-0.15, -0.1) is 0 Å². The Morgan fingerprint density at radius 1 is 1.50 bits per heavy atom. The van der Waals surface area contributed by atoms with E-state index < -0.39 is 0 Å². The quantitative estimate of drug-likeness (QED) is 0.604. The molecule has 1 N–H and O–H groups in total. The van der Waals surface area contributed by atoms with Crippen LogP contribution in [0.2, 0.25) is 0 Å². The van der Waals surface area contributed by atoms with Crippen LogP contribution < -0.4 is 0 Å². The molecule has 0 aromatic heterocycles. The lowest BCUT2D eigenvalue weighted by molar-refractivity contribution is 0.546. The second-order valence-corrected chi connectivity index (χ2v) is 3.55. The van der Waals surface area contributed by atoms with Gasteiger partial charge in [0.25, 0.3) is 0 Å². The number of rotatable bonds is 2. The first kappa shape index (κ1) is 9.24. The molecule has 0 bridgehead atoms. The summed E-state index contributed by atoms with van der Waals surface area (Å²) >= 11 is 0. The van der Waals surface area contributed by atoms with Crippen LogP contribution in [0.4, 0.5) is 0 Å². The molecule has 12 heavy (non-hydrogen) atoms. The van der Waals surface area contributed by atoms with Crippen LogP contribution in [-0.2, 0) is 0 Å². The van der Waals surface area contributed by atoms with E-state index >= 15 is 0 Å². The summed E-state index contributed by atoms with van der Waals surface area (Å²) in [7, 11) is 0. The second-order valence-electron chi connectivity index (χ2n) is 3.55. The van der Waals surface area contributed by atoms with Gasteiger partial charge in [0.1, 0.15) is 0 Å². The van der Waals surface area contributed by atoms with Gasteiger partial charge in [0.15, 0.2) is 0 Å². The van der Waals surface area contributed by atoms with E-state index in [1.807, 2.05) is 6.08 Å². The van der Waals surface area contributed by atoms with Gasteiger partial charge in [0, 0.05) is 6.21 Å². The van der Waals surface area contributed by atoms with Crippen molar-refractivity contribution in [2.45, 2.75) is 33.1 Å². The maximum Gasteiger partial charge on any atom is 0.0177 e. The van der Waals surface area contributed by atoms with Gasteiger partial charge in [-0.05, 0) is 43.8 Å². The van der Waals surface area contributed by atoms with Crippen molar-refractivity contribution in [2.75, 3.05) is 0 Å². The van der Waals surface area contributed by atoms with E-state index in [2.05, 4.69) is 19.9 Å². The van der Waals surface area contributed by atoms with E-state index in [1.54, 1.807) is 0 Å². The lowest BCUT2D eigenvalue weighted by atomic mass is 9.84. The highest BCUT2D eigenvalue weighted by Crippen LogP contribution is 2.30. The van der Waals surface area contributed by atoms with E-state index in [1.165, 1.54) is 36.6 Å². The minimum Gasteiger partial charge on any atom is -0.309 e. The molecule has 1 nitrogen and oxygen atoms in total. The highest BCUT2D eigenvalue weighted by Gasteiger charge is 2.13. The molecule has 0 heterocycles. The Labute approximate surface area is 74.7 Å². The van der Waals surface area contributed by atoms with Crippen LogP contribution in [0.3, 0.4) is 0 Å². The van der Waals surface area contributed by atoms with Crippen molar-refractivity contribution in [1.29, 1.82) is 5.41 Å². The highest BCUT2D eigenvalue weighted by molar-refractivity contribution is 5.68. The lowest BCUT2D eigenvalue weighted by Gasteiger charge is -2.21. The third-order valence-corrected chi connectivity index (χ3v) is 2.58. The van der Waals surface area contributed by atoms with Crippen LogP contribution in [-0.4, -0.2) is 6.21 Å². The van der Waals surface area contributed by atoms with E-state index in [-0.39, 0.29) is 0 Å². The molecule has 1 aliphatic rings. The molecule has 0 aromatic rings. The molecular formula is C11H17N. The maximum atomic E-state index is 6.92. The summed E-state index contributed by atoms with van der Waals surface area (Å²) in [5, 5.41) is 6.92. The minimum absolute atomic E-state index is 0.690. The fraction of sp³-hybridized carbons (Fsp3) is 0.545. The summed E-state index contributed by atoms with van der Waals surface area (Å²) in [5.41, 5.74) is 2.96. The van der Waals surface area contributed by atoms with Crippen LogP contribution in [0.1, 0.15) is 33.1 Å². The van der Waals surface area contributed by atoms with Crippen molar-refractivity contribution in [3.05, 3.63) is 23.3 Å². The third kappa shape index (κ3) is 2.07. The monoisotopic (exact) mass is 163 g/mol. The van der Waals surface area contributed by atoms with Gasteiger partial charge in [-0.3, -0.25) is 0 Å². The van der Waals surface area contributed by atoms with Crippen molar-refractivity contribution in [1.82, 2.24) is 0 Å². The van der Waals surface area contributed by atoms with E-state index in [9.17, 15) is 0 Å². The summed E-state index contributed by atoms with van der Waals surface area (Å²) < 4.78 is 0. The van der Waals surface area contributed by atoms with Crippen LogP contribution in [0, 0.1) is 11.3 Å². The second kappa shape index (κ2) is 4.24. The van der Waals surface area contributed by atoms with Crippen LogP contribution in [0.25, 0.3) is 0 Å². The van der Waals surface area contributed by atoms with E-state index in [0.717, 1.165) is 0 Å². The molecule has 0 spiro atoms. The van der Waals surface area contributed by atoms with Gasteiger partial charge in [-0.25, -0.2) is 0 Å². The van der Waals surface area contributed by atoms with Crippen LogP contribution in [0.5, 0.6) is 0 Å². The molecule has 0 aliphatic heterocycles. The first-order chi connectivity index (χ1) is 5.75. The number of hydrogen-bond acceptors (Lipinski definition) is 1. The Morgan fingerprint density at radius 3 is 2.83 bits per heavy atom. The first-order valence-electron chi connectivity index (χ1n) is 4.62. The van der Waals surface area contributed by atoms with Gasteiger partial charge in [-0.2, -0.15) is 0 Å². The summed E-state index contributed by atoms with van der Waals surface area (Å²) in [4.78, 5) is 0. The molecule has 1 rings (SSSR count). The fourth-order valence-corrected chi connectivity index (χ4v) is 1.85. The van der Waals surface area contributed by atoms with Gasteiger partial charge < -0.3 is 5.41 Å². The van der Waals surface area contributed by atoms with Gasteiger partial charge in [0.05, 0.1) is 0 Å². The Hall–Kier alpha value is -0.850. The zero-order valence-electron chi connectivity index (χ0n) is 7.93. The van der Waals surface area contributed by atoms with Gasteiger partial charge in [0.2, 0.25) is 0 Å². The molecule has 1 heteroatoms. The fourth-order valence-electron chi connectivity index (χ4n) is 1.85. The molecular weight excluding hydrogens is 146 g/mol. The summed E-state index contributed by atoms with van der Waals surface area (Å²) in [6.07, 6.45) is 9.13. The molecule has 0 fully saturated rings. The molecule has 1 atom stereocenters. The molecule has 0 radical (unpaired) electrons. The highest BCUT2D eigenvalue weighted by atomic mass is 14.3. The molecule has 0 amide bonds. The topological polar surface area (TPSA) is 23.9 Å². The summed E-state index contributed by atoms with van der Waals surface area (Å²) in [5.74, 6) is 0.690. The maximum absolute atomic E-state index is 6.92.